The molecule has 0 saturated heterocycles. The summed E-state index contributed by atoms with van der Waals surface area (Å²) < 4.78 is 0. The van der Waals surface area contributed by atoms with Crippen LogP contribution in [0.5, 0.6) is 0 Å². The van der Waals surface area contributed by atoms with E-state index >= 15 is 0 Å². The van der Waals surface area contributed by atoms with Gasteiger partial charge < -0.3 is 0 Å². The van der Waals surface area contributed by atoms with E-state index in [4.69, 9.17) is 0 Å². The average Bonchev–Trinajstić information content (AvgIpc) is 2.88. The maximum Gasteiger partial charge on any atom is 0.117 e. The number of hydrogen-bond donors (Lipinski definition) is 0. The molecule has 1 aromatic heterocycles. The van der Waals surface area contributed by atoms with Gasteiger partial charge in [-0.1, -0.05) is 44.2 Å². The van der Waals surface area contributed by atoms with Crippen LogP contribution in [0.25, 0.3) is 22.2 Å². The first-order valence-electron chi connectivity index (χ1n) is 7.58. The van der Waals surface area contributed by atoms with Crippen molar-refractivity contribution in [2.24, 2.45) is 7.05 Å². The highest BCUT2D eigenvalue weighted by atomic mass is 15.4. The normalized spacial score (nSPS) is 11.2. The van der Waals surface area contributed by atoms with Gasteiger partial charge in [-0.25, -0.2) is 0 Å². The summed E-state index contributed by atoms with van der Waals surface area (Å²) in [7, 11) is 1.90. The number of aryl methyl sites for hydroxylation is 3. The third-order valence-corrected chi connectivity index (χ3v) is 4.18. The van der Waals surface area contributed by atoms with E-state index in [9.17, 15) is 0 Å². The number of aromatic nitrogens is 3. The molecule has 0 unspecified atom stereocenters. The van der Waals surface area contributed by atoms with Crippen LogP contribution in [-0.4, -0.2) is 15.0 Å². The lowest BCUT2D eigenvalue weighted by atomic mass is 9.88. The van der Waals surface area contributed by atoms with Gasteiger partial charge in [0.25, 0.3) is 0 Å². The Hall–Kier alpha value is -2.16. The fraction of sp³-hybridized carbons (Fsp3) is 0.333. The van der Waals surface area contributed by atoms with Crippen LogP contribution in [0, 0.1) is 6.92 Å². The molecule has 0 fully saturated rings. The molecule has 3 aromatic rings. The lowest BCUT2D eigenvalue weighted by molar-refractivity contribution is 0.664. The first-order valence-corrected chi connectivity index (χ1v) is 7.58. The van der Waals surface area contributed by atoms with Crippen LogP contribution in [0.2, 0.25) is 0 Å². The zero-order chi connectivity index (χ0) is 15.0. The largest absolute Gasteiger partial charge is 0.187 e. The lowest BCUT2D eigenvalue weighted by Crippen LogP contribution is -1.99. The van der Waals surface area contributed by atoms with Crippen LogP contribution < -0.4 is 0 Å². The lowest BCUT2D eigenvalue weighted by Gasteiger charge is -2.16. The molecule has 0 atom stereocenters. The summed E-state index contributed by atoms with van der Waals surface area (Å²) in [5.74, 6) is 0. The molecule has 3 rings (SSSR count). The fourth-order valence-electron chi connectivity index (χ4n) is 3.26. The summed E-state index contributed by atoms with van der Waals surface area (Å²) in [5, 5.41) is 9.22. The minimum atomic E-state index is 0.963. The first-order chi connectivity index (χ1) is 10.2. The second-order valence-electron chi connectivity index (χ2n) is 5.42. The van der Waals surface area contributed by atoms with E-state index in [1.807, 2.05) is 7.05 Å². The van der Waals surface area contributed by atoms with Gasteiger partial charge in [0.2, 0.25) is 0 Å². The van der Waals surface area contributed by atoms with Crippen molar-refractivity contribution < 1.29 is 0 Å². The van der Waals surface area contributed by atoms with Crippen LogP contribution in [0.4, 0.5) is 0 Å². The third-order valence-electron chi connectivity index (χ3n) is 4.18. The SMILES string of the molecule is CCc1c(C)c(-c2ccccc2)c(CC)c2nn(C)nc12. The summed E-state index contributed by atoms with van der Waals surface area (Å²) in [6, 6.07) is 10.6. The van der Waals surface area contributed by atoms with Crippen molar-refractivity contribution in [3.8, 4) is 11.1 Å². The smallest absolute Gasteiger partial charge is 0.117 e. The molecule has 3 heteroatoms. The Kier molecular flexibility index (Phi) is 3.50. The third kappa shape index (κ3) is 2.13. The molecule has 21 heavy (non-hydrogen) atoms. The van der Waals surface area contributed by atoms with E-state index in [0.29, 0.717) is 0 Å². The van der Waals surface area contributed by atoms with Gasteiger partial charge in [0, 0.05) is 7.05 Å². The van der Waals surface area contributed by atoms with E-state index in [-0.39, 0.29) is 0 Å². The van der Waals surface area contributed by atoms with Crippen molar-refractivity contribution in [3.05, 3.63) is 47.0 Å². The summed E-state index contributed by atoms with van der Waals surface area (Å²) in [6.07, 6.45) is 1.94. The van der Waals surface area contributed by atoms with Crippen LogP contribution in [0.3, 0.4) is 0 Å². The van der Waals surface area contributed by atoms with Gasteiger partial charge >= 0.3 is 0 Å². The minimum Gasteiger partial charge on any atom is -0.187 e. The van der Waals surface area contributed by atoms with Crippen LogP contribution in [0.1, 0.15) is 30.5 Å². The zero-order valence-corrected chi connectivity index (χ0v) is 13.1. The highest BCUT2D eigenvalue weighted by Gasteiger charge is 2.19. The zero-order valence-electron chi connectivity index (χ0n) is 13.1. The van der Waals surface area contributed by atoms with E-state index in [0.717, 1.165) is 23.9 Å². The van der Waals surface area contributed by atoms with Gasteiger partial charge in [-0.05, 0) is 47.6 Å². The van der Waals surface area contributed by atoms with Crippen molar-refractivity contribution >= 4 is 11.0 Å². The molecule has 0 bridgehead atoms. The molecule has 0 radical (unpaired) electrons. The Balaban J connectivity index is 2.46. The van der Waals surface area contributed by atoms with E-state index < -0.39 is 0 Å². The van der Waals surface area contributed by atoms with Crippen molar-refractivity contribution in [1.82, 2.24) is 15.0 Å². The Bertz CT molecular complexity index is 785. The molecular weight excluding hydrogens is 258 g/mol. The Morgan fingerprint density at radius 1 is 0.905 bits per heavy atom. The van der Waals surface area contributed by atoms with Crippen molar-refractivity contribution in [2.75, 3.05) is 0 Å². The standard InChI is InChI=1S/C18H21N3/c1-5-14-12(3)16(13-10-8-7-9-11-13)15(6-2)18-17(14)19-21(4)20-18/h7-11H,5-6H2,1-4H3. The average molecular weight is 279 g/mol. The maximum absolute atomic E-state index is 4.63. The molecular formula is C18H21N3. The van der Waals surface area contributed by atoms with Gasteiger partial charge in [-0.2, -0.15) is 15.0 Å². The highest BCUT2D eigenvalue weighted by Crippen LogP contribution is 2.35. The molecule has 3 nitrogen and oxygen atoms in total. The van der Waals surface area contributed by atoms with Gasteiger partial charge in [0.05, 0.1) is 0 Å². The van der Waals surface area contributed by atoms with Crippen LogP contribution in [-0.2, 0) is 19.9 Å². The number of hydrogen-bond acceptors (Lipinski definition) is 2. The molecule has 0 aliphatic carbocycles. The van der Waals surface area contributed by atoms with Gasteiger partial charge in [0.15, 0.2) is 0 Å². The molecule has 0 N–H and O–H groups in total. The molecule has 0 amide bonds. The second kappa shape index (κ2) is 5.32. The van der Waals surface area contributed by atoms with Gasteiger partial charge in [-0.3, -0.25) is 0 Å². The number of nitrogens with zero attached hydrogens (tertiary/aromatic N) is 3. The predicted molar refractivity (Wildman–Crippen MR) is 87.4 cm³/mol. The highest BCUT2D eigenvalue weighted by molar-refractivity contribution is 5.91. The Morgan fingerprint density at radius 2 is 1.48 bits per heavy atom. The second-order valence-corrected chi connectivity index (χ2v) is 5.42. The summed E-state index contributed by atoms with van der Waals surface area (Å²) >= 11 is 0. The van der Waals surface area contributed by atoms with Crippen LogP contribution >= 0.6 is 0 Å². The van der Waals surface area contributed by atoms with E-state index in [2.05, 4.69) is 61.3 Å². The van der Waals surface area contributed by atoms with E-state index in [1.165, 1.54) is 27.8 Å². The molecule has 0 aliphatic rings. The van der Waals surface area contributed by atoms with Crippen LogP contribution in [0.15, 0.2) is 30.3 Å². The first kappa shape index (κ1) is 13.8. The molecule has 0 saturated carbocycles. The van der Waals surface area contributed by atoms with Gasteiger partial charge in [-0.15, -0.1) is 0 Å². The Morgan fingerprint density at radius 3 is 2.05 bits per heavy atom. The maximum atomic E-state index is 4.63. The molecule has 0 aliphatic heterocycles. The molecule has 108 valence electrons. The molecule has 0 spiro atoms. The van der Waals surface area contributed by atoms with E-state index in [1.54, 1.807) is 4.80 Å². The summed E-state index contributed by atoms with van der Waals surface area (Å²) in [5.41, 5.74) is 8.69. The summed E-state index contributed by atoms with van der Waals surface area (Å²) in [4.78, 5) is 1.69. The molecule has 2 aromatic carbocycles. The number of rotatable bonds is 3. The minimum absolute atomic E-state index is 0.963. The number of benzene rings is 2. The topological polar surface area (TPSA) is 30.7 Å². The van der Waals surface area contributed by atoms with Crippen molar-refractivity contribution in [3.63, 3.8) is 0 Å². The molecule has 1 heterocycles. The monoisotopic (exact) mass is 279 g/mol. The fourth-order valence-corrected chi connectivity index (χ4v) is 3.26. The Labute approximate surface area is 125 Å². The predicted octanol–water partition coefficient (Wildman–Crippen LogP) is 4.07. The summed E-state index contributed by atoms with van der Waals surface area (Å²) in [6.45, 7) is 6.60. The number of fused-ring (bicyclic) bond motifs is 1. The quantitative estimate of drug-likeness (QED) is 0.723. The van der Waals surface area contributed by atoms with Crippen molar-refractivity contribution in [2.45, 2.75) is 33.6 Å². The van der Waals surface area contributed by atoms with Gasteiger partial charge in [0.1, 0.15) is 11.0 Å². The van der Waals surface area contributed by atoms with Crippen molar-refractivity contribution in [1.29, 1.82) is 0 Å².